The molecule has 84 valence electrons. The third-order valence-corrected chi connectivity index (χ3v) is 4.19. The number of sulfonamides is 1. The van der Waals surface area contributed by atoms with Crippen molar-refractivity contribution in [3.63, 3.8) is 0 Å². The lowest BCUT2D eigenvalue weighted by Gasteiger charge is -2.19. The molecular formula is C8H18N2O3S. The van der Waals surface area contributed by atoms with E-state index in [1.165, 1.54) is 4.31 Å². The molecule has 14 heavy (non-hydrogen) atoms. The van der Waals surface area contributed by atoms with E-state index in [1.54, 1.807) is 7.05 Å². The number of hydrogen-bond donors (Lipinski definition) is 1. The Labute approximate surface area is 85.3 Å². The van der Waals surface area contributed by atoms with Crippen LogP contribution >= 0.6 is 0 Å². The van der Waals surface area contributed by atoms with Crippen LogP contribution in [0.3, 0.4) is 0 Å². The molecule has 1 atom stereocenters. The minimum absolute atomic E-state index is 0.0101. The van der Waals surface area contributed by atoms with Crippen LogP contribution in [0.1, 0.15) is 12.8 Å². The zero-order valence-electron chi connectivity index (χ0n) is 8.48. The Bertz CT molecular complexity index is 260. The van der Waals surface area contributed by atoms with Crippen molar-refractivity contribution in [2.75, 3.05) is 32.5 Å². The van der Waals surface area contributed by atoms with E-state index in [9.17, 15) is 8.42 Å². The SMILES string of the molecule is CN(CC1CCCO1)S(=O)(=O)CCN. The molecule has 1 aliphatic rings. The maximum Gasteiger partial charge on any atom is 0.215 e. The van der Waals surface area contributed by atoms with Crippen molar-refractivity contribution < 1.29 is 13.2 Å². The highest BCUT2D eigenvalue weighted by molar-refractivity contribution is 7.89. The predicted molar refractivity (Wildman–Crippen MR) is 54.4 cm³/mol. The monoisotopic (exact) mass is 222 g/mol. The van der Waals surface area contributed by atoms with Crippen molar-refractivity contribution in [3.05, 3.63) is 0 Å². The quantitative estimate of drug-likeness (QED) is 0.673. The molecule has 1 aliphatic heterocycles. The highest BCUT2D eigenvalue weighted by Gasteiger charge is 2.23. The number of hydrogen-bond acceptors (Lipinski definition) is 4. The summed E-state index contributed by atoms with van der Waals surface area (Å²) in [5.41, 5.74) is 5.22. The molecule has 0 bridgehead atoms. The molecule has 6 heteroatoms. The molecule has 0 spiro atoms. The van der Waals surface area contributed by atoms with Crippen LogP contribution in [0.25, 0.3) is 0 Å². The van der Waals surface area contributed by atoms with Gasteiger partial charge in [-0.2, -0.15) is 0 Å². The first-order valence-corrected chi connectivity index (χ1v) is 6.43. The number of likely N-dealkylation sites (N-methyl/N-ethyl adjacent to an activating group) is 1. The molecule has 1 unspecified atom stereocenters. The summed E-state index contributed by atoms with van der Waals surface area (Å²) in [5, 5.41) is 0. The molecule has 0 radical (unpaired) electrons. The fourth-order valence-corrected chi connectivity index (χ4v) is 2.50. The van der Waals surface area contributed by atoms with Crippen LogP contribution in [0.15, 0.2) is 0 Å². The predicted octanol–water partition coefficient (Wildman–Crippen LogP) is -0.614. The summed E-state index contributed by atoms with van der Waals surface area (Å²) in [6.07, 6.45) is 2.03. The molecule has 1 rings (SSSR count). The van der Waals surface area contributed by atoms with Crippen molar-refractivity contribution in [1.82, 2.24) is 4.31 Å². The maximum atomic E-state index is 11.5. The van der Waals surface area contributed by atoms with Crippen molar-refractivity contribution in [3.8, 4) is 0 Å². The van der Waals surface area contributed by atoms with Gasteiger partial charge in [-0.25, -0.2) is 12.7 Å². The Morgan fingerprint density at radius 3 is 2.79 bits per heavy atom. The minimum Gasteiger partial charge on any atom is -0.377 e. The molecule has 1 heterocycles. The number of nitrogens with zero attached hydrogens (tertiary/aromatic N) is 1. The van der Waals surface area contributed by atoms with E-state index < -0.39 is 10.0 Å². The van der Waals surface area contributed by atoms with E-state index in [2.05, 4.69) is 0 Å². The second-order valence-corrected chi connectivity index (χ2v) is 5.72. The van der Waals surface area contributed by atoms with Crippen LogP contribution in [0, 0.1) is 0 Å². The summed E-state index contributed by atoms with van der Waals surface area (Å²) in [6.45, 7) is 1.36. The second-order valence-electron chi connectivity index (χ2n) is 3.52. The topological polar surface area (TPSA) is 72.6 Å². The van der Waals surface area contributed by atoms with Crippen LogP contribution in [-0.4, -0.2) is 51.3 Å². The number of ether oxygens (including phenoxy) is 1. The summed E-state index contributed by atoms with van der Waals surface area (Å²) < 4.78 is 29.7. The van der Waals surface area contributed by atoms with E-state index >= 15 is 0 Å². The van der Waals surface area contributed by atoms with Gasteiger partial charge < -0.3 is 10.5 Å². The average Bonchev–Trinajstić information content (AvgIpc) is 2.56. The molecule has 2 N–H and O–H groups in total. The molecule has 0 aliphatic carbocycles. The highest BCUT2D eigenvalue weighted by atomic mass is 32.2. The Kier molecular flexibility index (Phi) is 4.31. The first-order chi connectivity index (χ1) is 6.56. The molecule has 0 saturated carbocycles. The minimum atomic E-state index is -3.17. The largest absolute Gasteiger partial charge is 0.377 e. The maximum absolute atomic E-state index is 11.5. The lowest BCUT2D eigenvalue weighted by molar-refractivity contribution is 0.0979. The first kappa shape index (κ1) is 11.9. The number of nitrogens with two attached hydrogens (primary N) is 1. The van der Waals surface area contributed by atoms with Gasteiger partial charge in [0.1, 0.15) is 0 Å². The molecule has 0 aromatic rings. The van der Waals surface area contributed by atoms with Crippen molar-refractivity contribution in [1.29, 1.82) is 0 Å². The summed E-state index contributed by atoms with van der Waals surface area (Å²) >= 11 is 0. The standard InChI is InChI=1S/C8H18N2O3S/c1-10(14(11,12)6-4-9)7-8-3-2-5-13-8/h8H,2-7,9H2,1H3. The highest BCUT2D eigenvalue weighted by Crippen LogP contribution is 2.14. The zero-order valence-corrected chi connectivity index (χ0v) is 9.29. The van der Waals surface area contributed by atoms with E-state index in [0.29, 0.717) is 6.54 Å². The normalized spacial score (nSPS) is 23.2. The average molecular weight is 222 g/mol. The van der Waals surface area contributed by atoms with Crippen LogP contribution < -0.4 is 5.73 Å². The fraction of sp³-hybridized carbons (Fsp3) is 1.00. The summed E-state index contributed by atoms with van der Waals surface area (Å²) in [5.74, 6) is 0.0101. The first-order valence-electron chi connectivity index (χ1n) is 4.82. The summed E-state index contributed by atoms with van der Waals surface area (Å²) in [7, 11) is -1.59. The summed E-state index contributed by atoms with van der Waals surface area (Å²) in [6, 6.07) is 0. The molecular weight excluding hydrogens is 204 g/mol. The van der Waals surface area contributed by atoms with E-state index in [0.717, 1.165) is 19.4 Å². The molecule has 0 aromatic heterocycles. The zero-order chi connectivity index (χ0) is 10.6. The Morgan fingerprint density at radius 1 is 1.57 bits per heavy atom. The molecule has 1 fully saturated rings. The lowest BCUT2D eigenvalue weighted by atomic mass is 10.2. The van der Waals surface area contributed by atoms with Gasteiger partial charge in [0.2, 0.25) is 10.0 Å². The Hall–Kier alpha value is -0.170. The summed E-state index contributed by atoms with van der Waals surface area (Å²) in [4.78, 5) is 0. The van der Waals surface area contributed by atoms with E-state index in [4.69, 9.17) is 10.5 Å². The van der Waals surface area contributed by atoms with Gasteiger partial charge >= 0.3 is 0 Å². The van der Waals surface area contributed by atoms with E-state index in [-0.39, 0.29) is 18.4 Å². The van der Waals surface area contributed by atoms with Gasteiger partial charge in [-0.1, -0.05) is 0 Å². The molecule has 0 aromatic carbocycles. The van der Waals surface area contributed by atoms with Gasteiger partial charge in [0, 0.05) is 26.7 Å². The molecule has 0 amide bonds. The van der Waals surface area contributed by atoms with Gasteiger partial charge in [0.25, 0.3) is 0 Å². The fourth-order valence-electron chi connectivity index (χ4n) is 1.49. The smallest absolute Gasteiger partial charge is 0.215 e. The van der Waals surface area contributed by atoms with Crippen molar-refractivity contribution in [2.45, 2.75) is 18.9 Å². The van der Waals surface area contributed by atoms with Crippen molar-refractivity contribution >= 4 is 10.0 Å². The van der Waals surface area contributed by atoms with E-state index in [1.807, 2.05) is 0 Å². The van der Waals surface area contributed by atoms with Crippen LogP contribution in [0.2, 0.25) is 0 Å². The molecule has 5 nitrogen and oxygen atoms in total. The van der Waals surface area contributed by atoms with Gasteiger partial charge in [-0.15, -0.1) is 0 Å². The Morgan fingerprint density at radius 2 is 2.29 bits per heavy atom. The van der Waals surface area contributed by atoms with Crippen molar-refractivity contribution in [2.24, 2.45) is 5.73 Å². The number of rotatable bonds is 5. The van der Waals surface area contributed by atoms with Gasteiger partial charge in [-0.05, 0) is 12.8 Å². The second kappa shape index (κ2) is 5.06. The van der Waals surface area contributed by atoms with Gasteiger partial charge in [0.15, 0.2) is 0 Å². The molecule has 1 saturated heterocycles. The van der Waals surface area contributed by atoms with Crippen LogP contribution in [0.4, 0.5) is 0 Å². The third kappa shape index (κ3) is 3.20. The third-order valence-electron chi connectivity index (χ3n) is 2.34. The Balaban J connectivity index is 2.43. The van der Waals surface area contributed by atoms with Crippen LogP contribution in [0.5, 0.6) is 0 Å². The van der Waals surface area contributed by atoms with Crippen LogP contribution in [-0.2, 0) is 14.8 Å². The van der Waals surface area contributed by atoms with Gasteiger partial charge in [0.05, 0.1) is 11.9 Å². The lowest BCUT2D eigenvalue weighted by Crippen LogP contribution is -2.37. The van der Waals surface area contributed by atoms with Gasteiger partial charge in [-0.3, -0.25) is 0 Å².